The third-order valence-corrected chi connectivity index (χ3v) is 5.57. The molecule has 0 saturated carbocycles. The Balaban J connectivity index is 1.34. The molecule has 0 unspecified atom stereocenters. The van der Waals surface area contributed by atoms with Gasteiger partial charge in [0.2, 0.25) is 0 Å². The maximum absolute atomic E-state index is 6.02. The molecule has 2 aromatic rings. The van der Waals surface area contributed by atoms with Gasteiger partial charge in [-0.1, -0.05) is 47.9 Å². The van der Waals surface area contributed by atoms with Crippen LogP contribution in [-0.2, 0) is 22.5 Å². The fourth-order valence-corrected chi connectivity index (χ4v) is 3.83. The first kappa shape index (κ1) is 20.8. The van der Waals surface area contributed by atoms with E-state index in [4.69, 9.17) is 21.3 Å². The lowest BCUT2D eigenvalue weighted by molar-refractivity contribution is -0.000228. The van der Waals surface area contributed by atoms with Crippen molar-refractivity contribution in [3.05, 3.63) is 57.6 Å². The van der Waals surface area contributed by atoms with Crippen LogP contribution in [0.4, 0.5) is 0 Å². The van der Waals surface area contributed by atoms with Gasteiger partial charge in [0, 0.05) is 11.1 Å². The summed E-state index contributed by atoms with van der Waals surface area (Å²) < 4.78 is 0. The van der Waals surface area contributed by atoms with E-state index in [-0.39, 0.29) is 5.41 Å². The first-order valence-corrected chi connectivity index (χ1v) is 10.8. The Morgan fingerprint density at radius 1 is 0.867 bits per heavy atom. The third-order valence-electron chi connectivity index (χ3n) is 5.36. The van der Waals surface area contributed by atoms with Gasteiger partial charge in [-0.25, -0.2) is 4.98 Å². The van der Waals surface area contributed by atoms with Crippen LogP contribution in [0.3, 0.4) is 0 Å². The van der Waals surface area contributed by atoms with Gasteiger partial charge in [-0.2, -0.15) is 0 Å². The molecule has 4 rings (SSSR count). The molecular weight excluding hydrogens is 400 g/mol. The third kappa shape index (κ3) is 4.81. The van der Waals surface area contributed by atoms with E-state index < -0.39 is 0 Å². The van der Waals surface area contributed by atoms with Crippen LogP contribution in [0, 0.1) is 12.3 Å². The largest absolute Gasteiger partial charge is 0.395 e. The SMILES string of the molecule is Cc1ccc2c(n1)/C(=N/OCC(C)(C)CO/N=C1\CCc3ccc(Cl)nc31)CCC2. The predicted molar refractivity (Wildman–Crippen MR) is 118 cm³/mol. The van der Waals surface area contributed by atoms with E-state index in [2.05, 4.69) is 46.3 Å². The molecule has 0 aliphatic heterocycles. The Morgan fingerprint density at radius 3 is 2.27 bits per heavy atom. The van der Waals surface area contributed by atoms with E-state index in [0.717, 1.165) is 66.2 Å². The maximum Gasteiger partial charge on any atom is 0.129 e. The van der Waals surface area contributed by atoms with Crippen molar-refractivity contribution in [2.24, 2.45) is 15.7 Å². The van der Waals surface area contributed by atoms with E-state index in [1.165, 1.54) is 5.56 Å². The first-order valence-electron chi connectivity index (χ1n) is 10.4. The number of halogens is 1. The van der Waals surface area contributed by atoms with E-state index in [0.29, 0.717) is 18.4 Å². The van der Waals surface area contributed by atoms with E-state index in [1.807, 2.05) is 19.1 Å². The summed E-state index contributed by atoms with van der Waals surface area (Å²) >= 11 is 6.02. The number of oxime groups is 2. The average molecular weight is 427 g/mol. The Morgan fingerprint density at radius 2 is 1.50 bits per heavy atom. The molecule has 0 amide bonds. The molecule has 0 fully saturated rings. The normalized spacial score (nSPS) is 18.4. The topological polar surface area (TPSA) is 69.0 Å². The standard InChI is InChI=1S/C23H27ClN4O2/c1-15-7-8-16-5-4-6-18(21(16)25-15)27-29-13-23(2,3)14-30-28-19-11-9-17-10-12-20(24)26-22(17)19/h7-8,10,12H,4-6,9,11,13-14H2,1-3H3/b27-18+,28-19+. The fraction of sp³-hybridized carbons (Fsp3) is 0.478. The summed E-state index contributed by atoms with van der Waals surface area (Å²) in [6, 6.07) is 8.01. The lowest BCUT2D eigenvalue weighted by Gasteiger charge is -2.22. The number of nitrogens with zero attached hydrogens (tertiary/aromatic N) is 4. The highest BCUT2D eigenvalue weighted by Gasteiger charge is 2.24. The number of hydrogen-bond donors (Lipinski definition) is 0. The van der Waals surface area contributed by atoms with Crippen LogP contribution in [0.5, 0.6) is 0 Å². The highest BCUT2D eigenvalue weighted by atomic mass is 35.5. The monoisotopic (exact) mass is 426 g/mol. The Bertz CT molecular complexity index is 1000. The van der Waals surface area contributed by atoms with Gasteiger partial charge in [-0.15, -0.1) is 0 Å². The van der Waals surface area contributed by atoms with E-state index >= 15 is 0 Å². The van der Waals surface area contributed by atoms with E-state index in [9.17, 15) is 0 Å². The van der Waals surface area contributed by atoms with Crippen LogP contribution < -0.4 is 0 Å². The minimum absolute atomic E-state index is 0.241. The summed E-state index contributed by atoms with van der Waals surface area (Å²) in [5, 5.41) is 9.21. The summed E-state index contributed by atoms with van der Waals surface area (Å²) in [5.74, 6) is 0. The molecule has 30 heavy (non-hydrogen) atoms. The molecule has 0 bridgehead atoms. The van der Waals surface area contributed by atoms with Gasteiger partial charge in [-0.3, -0.25) is 4.98 Å². The minimum Gasteiger partial charge on any atom is -0.395 e. The van der Waals surface area contributed by atoms with Crippen molar-refractivity contribution in [1.82, 2.24) is 9.97 Å². The molecule has 0 atom stereocenters. The second kappa shape index (κ2) is 8.72. The second-order valence-corrected chi connectivity index (χ2v) is 9.13. The molecule has 0 N–H and O–H groups in total. The van der Waals surface area contributed by atoms with Crippen LogP contribution in [0.2, 0.25) is 5.15 Å². The summed E-state index contributed by atoms with van der Waals surface area (Å²) in [4.78, 5) is 20.4. The molecule has 0 saturated heterocycles. The van der Waals surface area contributed by atoms with Crippen molar-refractivity contribution in [3.63, 3.8) is 0 Å². The molecular formula is C23H27ClN4O2. The van der Waals surface area contributed by atoms with Gasteiger partial charge < -0.3 is 9.68 Å². The van der Waals surface area contributed by atoms with Crippen molar-refractivity contribution >= 4 is 23.0 Å². The zero-order valence-corrected chi connectivity index (χ0v) is 18.5. The molecule has 0 aromatic carbocycles. The molecule has 2 heterocycles. The van der Waals surface area contributed by atoms with Gasteiger partial charge in [0.25, 0.3) is 0 Å². The van der Waals surface area contributed by atoms with E-state index in [1.54, 1.807) is 0 Å². The summed E-state index contributed by atoms with van der Waals surface area (Å²) in [6.07, 6.45) is 4.75. The zero-order valence-electron chi connectivity index (χ0n) is 17.7. The summed E-state index contributed by atoms with van der Waals surface area (Å²) in [5.41, 5.74) is 6.78. The highest BCUT2D eigenvalue weighted by molar-refractivity contribution is 6.29. The van der Waals surface area contributed by atoms with Crippen LogP contribution in [0.25, 0.3) is 0 Å². The van der Waals surface area contributed by atoms with Crippen LogP contribution in [-0.4, -0.2) is 34.6 Å². The molecule has 6 nitrogen and oxygen atoms in total. The summed E-state index contributed by atoms with van der Waals surface area (Å²) in [6.45, 7) is 7.00. The summed E-state index contributed by atoms with van der Waals surface area (Å²) in [7, 11) is 0. The lowest BCUT2D eigenvalue weighted by atomic mass is 9.94. The van der Waals surface area contributed by atoms with Crippen LogP contribution >= 0.6 is 11.6 Å². The number of aryl methyl sites for hydroxylation is 3. The van der Waals surface area contributed by atoms with Crippen molar-refractivity contribution in [2.75, 3.05) is 13.2 Å². The van der Waals surface area contributed by atoms with Crippen molar-refractivity contribution in [1.29, 1.82) is 0 Å². The fourth-order valence-electron chi connectivity index (χ4n) is 3.68. The second-order valence-electron chi connectivity index (χ2n) is 8.74. The molecule has 2 aliphatic rings. The number of rotatable bonds is 6. The number of aromatic nitrogens is 2. The quantitative estimate of drug-likeness (QED) is 0.487. The zero-order chi connectivity index (χ0) is 21.1. The first-order chi connectivity index (χ1) is 14.4. The van der Waals surface area contributed by atoms with Gasteiger partial charge in [-0.05, 0) is 62.3 Å². The maximum atomic E-state index is 6.02. The Kier molecular flexibility index (Phi) is 6.04. The molecule has 0 spiro atoms. The van der Waals surface area contributed by atoms with Gasteiger partial charge >= 0.3 is 0 Å². The molecule has 2 aliphatic carbocycles. The molecule has 2 aromatic heterocycles. The van der Waals surface area contributed by atoms with Gasteiger partial charge in [0.1, 0.15) is 29.8 Å². The van der Waals surface area contributed by atoms with Crippen molar-refractivity contribution in [2.45, 2.75) is 52.9 Å². The molecule has 0 radical (unpaired) electrons. The lowest BCUT2D eigenvalue weighted by Crippen LogP contribution is -2.24. The highest BCUT2D eigenvalue weighted by Crippen LogP contribution is 2.24. The smallest absolute Gasteiger partial charge is 0.129 e. The molecule has 7 heteroatoms. The number of fused-ring (bicyclic) bond motifs is 2. The molecule has 158 valence electrons. The minimum atomic E-state index is -0.241. The van der Waals surface area contributed by atoms with Gasteiger partial charge in [0.05, 0.1) is 11.4 Å². The van der Waals surface area contributed by atoms with Crippen LogP contribution in [0.1, 0.15) is 61.3 Å². The Hall–Kier alpha value is -2.47. The van der Waals surface area contributed by atoms with Crippen molar-refractivity contribution < 1.29 is 9.68 Å². The average Bonchev–Trinajstić information content (AvgIpc) is 3.10. The van der Waals surface area contributed by atoms with Crippen molar-refractivity contribution in [3.8, 4) is 0 Å². The number of hydrogen-bond acceptors (Lipinski definition) is 6. The van der Waals surface area contributed by atoms with Crippen LogP contribution in [0.15, 0.2) is 34.6 Å². The predicted octanol–water partition coefficient (Wildman–Crippen LogP) is 4.89. The number of pyridine rings is 2. The Labute approximate surface area is 182 Å². The van der Waals surface area contributed by atoms with Gasteiger partial charge in [0.15, 0.2) is 0 Å².